The van der Waals surface area contributed by atoms with Gasteiger partial charge in [-0.2, -0.15) is 0 Å². The number of hydrogen-bond donors (Lipinski definition) is 1. The standard InChI is InChI=1S/C12H13N3O2.BrH/c1-8-5-3-4-6-10(8)11(16)7-15-12(13)17-9(2)14-15;/h3-6,13H,7H2,1-2H3;1H. The van der Waals surface area contributed by atoms with Crippen molar-refractivity contribution in [1.29, 1.82) is 0 Å². The van der Waals surface area contributed by atoms with Crippen molar-refractivity contribution in [3.8, 4) is 0 Å². The van der Waals surface area contributed by atoms with Gasteiger partial charge in [0.1, 0.15) is 0 Å². The molecule has 2 rings (SSSR count). The van der Waals surface area contributed by atoms with E-state index in [4.69, 9.17) is 10.2 Å². The fourth-order valence-corrected chi connectivity index (χ4v) is 1.66. The van der Waals surface area contributed by atoms with Gasteiger partial charge in [-0.1, -0.05) is 28.9 Å². The van der Waals surface area contributed by atoms with Gasteiger partial charge in [-0.05, 0) is 17.6 Å². The van der Waals surface area contributed by atoms with Crippen LogP contribution in [0.3, 0.4) is 0 Å². The second kappa shape index (κ2) is 5.77. The molecule has 0 saturated carbocycles. The molecule has 0 aliphatic heterocycles. The van der Waals surface area contributed by atoms with Crippen molar-refractivity contribution < 1.29 is 30.9 Å². The molecule has 2 N–H and O–H groups in total. The Morgan fingerprint density at radius 1 is 1.39 bits per heavy atom. The Balaban J connectivity index is 0.00000162. The van der Waals surface area contributed by atoms with E-state index in [9.17, 15) is 4.79 Å². The number of Topliss-reactive ketones (excluding diaryl/α,β-unsaturated/α-hetero) is 1. The Kier molecular flexibility index (Phi) is 4.61. The molecule has 1 aromatic carbocycles. The molecular weight excluding hydrogens is 298 g/mol. The van der Waals surface area contributed by atoms with Crippen LogP contribution in [-0.2, 0) is 6.54 Å². The molecule has 0 saturated heterocycles. The molecule has 6 heteroatoms. The van der Waals surface area contributed by atoms with Crippen LogP contribution in [0.15, 0.2) is 28.7 Å². The monoisotopic (exact) mass is 311 g/mol. The summed E-state index contributed by atoms with van der Waals surface area (Å²) < 4.78 is 6.42. The third kappa shape index (κ3) is 2.95. The summed E-state index contributed by atoms with van der Waals surface area (Å²) in [5, 5.41) is 4.01. The molecule has 1 heterocycles. The van der Waals surface area contributed by atoms with Crippen molar-refractivity contribution in [3.05, 3.63) is 41.3 Å². The van der Waals surface area contributed by atoms with Crippen molar-refractivity contribution in [3.63, 3.8) is 0 Å². The van der Waals surface area contributed by atoms with Crippen molar-refractivity contribution in [2.24, 2.45) is 0 Å². The van der Waals surface area contributed by atoms with Gasteiger partial charge < -0.3 is 21.4 Å². The van der Waals surface area contributed by atoms with E-state index in [1.165, 1.54) is 4.68 Å². The zero-order chi connectivity index (χ0) is 12.4. The highest BCUT2D eigenvalue weighted by atomic mass is 79.9. The number of hydrogen-bond acceptors (Lipinski definition) is 4. The average molecular weight is 312 g/mol. The quantitative estimate of drug-likeness (QED) is 0.528. The highest BCUT2D eigenvalue weighted by Gasteiger charge is 2.19. The molecule has 1 aromatic heterocycles. The van der Waals surface area contributed by atoms with Crippen molar-refractivity contribution in [2.75, 3.05) is 5.73 Å². The smallest absolute Gasteiger partial charge is 0.475 e. The summed E-state index contributed by atoms with van der Waals surface area (Å²) in [4.78, 5) is 12.0. The first-order chi connectivity index (χ1) is 8.08. The van der Waals surface area contributed by atoms with E-state index >= 15 is 0 Å². The Hall–Kier alpha value is -1.69. The summed E-state index contributed by atoms with van der Waals surface area (Å²) >= 11 is 0. The number of aromatic nitrogens is 2. The van der Waals surface area contributed by atoms with Gasteiger partial charge in [0.05, 0.1) is 0 Å². The number of benzene rings is 1. The van der Waals surface area contributed by atoms with Gasteiger partial charge in [-0.15, -0.1) is 0 Å². The number of rotatable bonds is 3. The number of aryl methyl sites for hydroxylation is 2. The molecule has 96 valence electrons. The third-order valence-electron chi connectivity index (χ3n) is 2.51. The Labute approximate surface area is 115 Å². The number of ketones is 1. The zero-order valence-electron chi connectivity index (χ0n) is 10.2. The minimum Gasteiger partial charge on any atom is -1.00 e. The molecule has 0 unspecified atom stereocenters. The lowest BCUT2D eigenvalue weighted by Gasteiger charge is -2.01. The van der Waals surface area contributed by atoms with E-state index in [0.29, 0.717) is 11.5 Å². The number of halogens is 1. The molecule has 18 heavy (non-hydrogen) atoms. The summed E-state index contributed by atoms with van der Waals surface area (Å²) in [5.41, 5.74) is 7.21. The summed E-state index contributed by atoms with van der Waals surface area (Å²) in [6, 6.07) is 7.57. The van der Waals surface area contributed by atoms with Crippen LogP contribution in [0.1, 0.15) is 21.8 Å². The van der Waals surface area contributed by atoms with Crippen molar-refractivity contribution in [2.45, 2.75) is 20.4 Å². The number of nitrogens with zero attached hydrogens (tertiary/aromatic N) is 2. The average Bonchev–Trinajstić information content (AvgIpc) is 2.58. The molecule has 0 aliphatic rings. The van der Waals surface area contributed by atoms with E-state index in [1.807, 2.05) is 25.1 Å². The number of nitrogens with two attached hydrogens (primary N) is 1. The molecule has 5 nitrogen and oxygen atoms in total. The third-order valence-corrected chi connectivity index (χ3v) is 2.51. The van der Waals surface area contributed by atoms with Gasteiger partial charge in [0, 0.05) is 12.5 Å². The number of nitrogen functional groups attached to an aromatic ring is 1. The minimum absolute atomic E-state index is 0. The van der Waals surface area contributed by atoms with Crippen molar-refractivity contribution >= 4 is 11.8 Å². The molecule has 0 aliphatic carbocycles. The van der Waals surface area contributed by atoms with Crippen LogP contribution in [0, 0.1) is 13.8 Å². The van der Waals surface area contributed by atoms with E-state index in [-0.39, 0.29) is 35.3 Å². The number of carbonyl (C=O) groups excluding carboxylic acids is 1. The lowest BCUT2D eigenvalue weighted by atomic mass is 10.1. The van der Waals surface area contributed by atoms with Crippen LogP contribution in [0.25, 0.3) is 0 Å². The van der Waals surface area contributed by atoms with Gasteiger partial charge >= 0.3 is 6.01 Å². The van der Waals surface area contributed by atoms with Crippen LogP contribution in [-0.4, -0.2) is 10.9 Å². The van der Waals surface area contributed by atoms with Crippen LogP contribution in [0.5, 0.6) is 0 Å². The van der Waals surface area contributed by atoms with Gasteiger partial charge in [0.25, 0.3) is 0 Å². The molecule has 0 spiro atoms. The number of carbonyl (C=O) groups is 1. The highest BCUT2D eigenvalue weighted by molar-refractivity contribution is 5.96. The summed E-state index contributed by atoms with van der Waals surface area (Å²) in [6.07, 6.45) is 0. The maximum absolute atomic E-state index is 12.0. The SMILES string of the molecule is Cc1n[n+](CC(=O)c2ccccc2C)c(N)o1.[Br-]. The van der Waals surface area contributed by atoms with E-state index in [2.05, 4.69) is 5.10 Å². The fraction of sp³-hybridized carbons (Fsp3) is 0.250. The molecule has 0 radical (unpaired) electrons. The predicted molar refractivity (Wildman–Crippen MR) is 61.4 cm³/mol. The molecule has 2 aromatic rings. The fourth-order valence-electron chi connectivity index (χ4n) is 1.66. The molecule has 0 fully saturated rings. The minimum atomic E-state index is -0.0342. The normalized spacial score (nSPS) is 9.89. The maximum Gasteiger partial charge on any atom is 0.475 e. The Morgan fingerprint density at radius 2 is 2.06 bits per heavy atom. The molecule has 0 atom stereocenters. The summed E-state index contributed by atoms with van der Waals surface area (Å²) in [5.74, 6) is 0.410. The zero-order valence-corrected chi connectivity index (χ0v) is 11.8. The first-order valence-electron chi connectivity index (χ1n) is 5.30. The van der Waals surface area contributed by atoms with Gasteiger partial charge in [0.2, 0.25) is 11.7 Å². The second-order valence-corrected chi connectivity index (χ2v) is 3.86. The van der Waals surface area contributed by atoms with Crippen LogP contribution >= 0.6 is 0 Å². The Bertz CT molecular complexity index is 566. The van der Waals surface area contributed by atoms with Crippen molar-refractivity contribution in [1.82, 2.24) is 5.10 Å². The van der Waals surface area contributed by atoms with E-state index < -0.39 is 0 Å². The molecular formula is C12H14BrN3O2. The Morgan fingerprint density at radius 3 is 2.61 bits per heavy atom. The summed E-state index contributed by atoms with van der Waals surface area (Å²) in [6.45, 7) is 3.68. The van der Waals surface area contributed by atoms with Crippen LogP contribution in [0.4, 0.5) is 6.01 Å². The van der Waals surface area contributed by atoms with Crippen LogP contribution in [0.2, 0.25) is 0 Å². The van der Waals surface area contributed by atoms with Crippen LogP contribution < -0.4 is 27.4 Å². The lowest BCUT2D eigenvalue weighted by Crippen LogP contribution is -3.00. The number of anilines is 1. The van der Waals surface area contributed by atoms with E-state index in [0.717, 1.165) is 5.56 Å². The molecule has 0 bridgehead atoms. The van der Waals surface area contributed by atoms with E-state index in [1.54, 1.807) is 13.0 Å². The topological polar surface area (TPSA) is 73.0 Å². The first-order valence-corrected chi connectivity index (χ1v) is 5.30. The summed E-state index contributed by atoms with van der Waals surface area (Å²) in [7, 11) is 0. The maximum atomic E-state index is 12.0. The second-order valence-electron chi connectivity index (χ2n) is 3.86. The molecule has 0 amide bonds. The van der Waals surface area contributed by atoms with Gasteiger partial charge in [-0.3, -0.25) is 10.5 Å². The first kappa shape index (κ1) is 14.4. The predicted octanol–water partition coefficient (Wildman–Crippen LogP) is -1.95. The lowest BCUT2D eigenvalue weighted by molar-refractivity contribution is -0.727. The van der Waals surface area contributed by atoms with Gasteiger partial charge in [0.15, 0.2) is 6.54 Å². The largest absolute Gasteiger partial charge is 1.00 e. The van der Waals surface area contributed by atoms with Gasteiger partial charge in [-0.25, -0.2) is 0 Å². The highest BCUT2D eigenvalue weighted by Crippen LogP contribution is 2.08.